The standard InChI is InChI=1S/C13H11F3N2O2S/c14-13(15,16)9-5-7-10(8-6-9)18-11-3-1-2-4-12(11)21(17,19)20/h1-8,18H,(H2,17,19,20). The maximum absolute atomic E-state index is 12.5. The van der Waals surface area contributed by atoms with Crippen LogP contribution in [0.1, 0.15) is 5.56 Å². The van der Waals surface area contributed by atoms with Crippen LogP contribution in [0, 0.1) is 0 Å². The van der Waals surface area contributed by atoms with Gasteiger partial charge in [-0.1, -0.05) is 12.1 Å². The fourth-order valence-electron chi connectivity index (χ4n) is 1.72. The molecule has 2 rings (SSSR count). The quantitative estimate of drug-likeness (QED) is 0.914. The minimum absolute atomic E-state index is 0.134. The average molecular weight is 316 g/mol. The first-order valence-electron chi connectivity index (χ1n) is 5.74. The highest BCUT2D eigenvalue weighted by atomic mass is 32.2. The van der Waals surface area contributed by atoms with E-state index in [1.54, 1.807) is 6.07 Å². The maximum atomic E-state index is 12.5. The third-order valence-corrected chi connectivity index (χ3v) is 3.65. The molecule has 2 aromatic carbocycles. The third-order valence-electron chi connectivity index (χ3n) is 2.68. The lowest BCUT2D eigenvalue weighted by Gasteiger charge is -2.12. The highest BCUT2D eigenvalue weighted by Gasteiger charge is 2.29. The number of anilines is 2. The van der Waals surface area contributed by atoms with E-state index in [0.717, 1.165) is 12.1 Å². The van der Waals surface area contributed by atoms with Crippen molar-refractivity contribution < 1.29 is 21.6 Å². The van der Waals surface area contributed by atoms with Crippen molar-refractivity contribution in [3.05, 3.63) is 54.1 Å². The third kappa shape index (κ3) is 3.73. The molecular formula is C13H11F3N2O2S. The molecule has 21 heavy (non-hydrogen) atoms. The van der Waals surface area contributed by atoms with Crippen molar-refractivity contribution in [3.8, 4) is 0 Å². The molecule has 0 aliphatic carbocycles. The minimum Gasteiger partial charge on any atom is -0.354 e. The zero-order valence-corrected chi connectivity index (χ0v) is 11.4. The van der Waals surface area contributed by atoms with Gasteiger partial charge >= 0.3 is 6.18 Å². The van der Waals surface area contributed by atoms with Crippen LogP contribution in [-0.2, 0) is 16.2 Å². The Hall–Kier alpha value is -2.06. The Labute approximate surface area is 119 Å². The van der Waals surface area contributed by atoms with Crippen molar-refractivity contribution in [1.29, 1.82) is 0 Å². The zero-order valence-electron chi connectivity index (χ0n) is 10.6. The Morgan fingerprint density at radius 2 is 1.52 bits per heavy atom. The van der Waals surface area contributed by atoms with Gasteiger partial charge in [-0.05, 0) is 36.4 Å². The lowest BCUT2D eigenvalue weighted by atomic mass is 10.2. The van der Waals surface area contributed by atoms with Crippen molar-refractivity contribution in [2.24, 2.45) is 5.14 Å². The van der Waals surface area contributed by atoms with Crippen LogP contribution in [0.4, 0.5) is 24.5 Å². The number of primary sulfonamides is 1. The normalized spacial score (nSPS) is 12.2. The smallest absolute Gasteiger partial charge is 0.354 e. The molecule has 0 aromatic heterocycles. The fraction of sp³-hybridized carbons (Fsp3) is 0.0769. The Bertz CT molecular complexity index is 741. The number of rotatable bonds is 3. The van der Waals surface area contributed by atoms with Crippen LogP contribution in [0.2, 0.25) is 0 Å². The molecule has 0 radical (unpaired) electrons. The summed E-state index contributed by atoms with van der Waals surface area (Å²) in [5.74, 6) is 0. The predicted octanol–water partition coefficient (Wildman–Crippen LogP) is 3.10. The van der Waals surface area contributed by atoms with Gasteiger partial charge in [0.1, 0.15) is 4.90 Å². The lowest BCUT2D eigenvalue weighted by Crippen LogP contribution is -2.14. The molecule has 0 atom stereocenters. The van der Waals surface area contributed by atoms with Crippen LogP contribution < -0.4 is 10.5 Å². The highest BCUT2D eigenvalue weighted by Crippen LogP contribution is 2.31. The van der Waals surface area contributed by atoms with E-state index >= 15 is 0 Å². The number of alkyl halides is 3. The number of hydrogen-bond acceptors (Lipinski definition) is 3. The maximum Gasteiger partial charge on any atom is 0.416 e. The number of nitrogens with two attached hydrogens (primary N) is 1. The van der Waals surface area contributed by atoms with Gasteiger partial charge in [-0.2, -0.15) is 13.2 Å². The van der Waals surface area contributed by atoms with E-state index in [1.165, 1.54) is 30.3 Å². The van der Waals surface area contributed by atoms with Crippen molar-refractivity contribution in [2.75, 3.05) is 5.32 Å². The molecule has 0 heterocycles. The van der Waals surface area contributed by atoms with E-state index in [1.807, 2.05) is 0 Å². The van der Waals surface area contributed by atoms with E-state index in [0.29, 0.717) is 5.69 Å². The van der Waals surface area contributed by atoms with Crippen LogP contribution >= 0.6 is 0 Å². The zero-order chi connectivity index (χ0) is 15.7. The average Bonchev–Trinajstić information content (AvgIpc) is 2.37. The van der Waals surface area contributed by atoms with E-state index < -0.39 is 21.8 Å². The number of halogens is 3. The molecule has 3 N–H and O–H groups in total. The Morgan fingerprint density at radius 3 is 2.05 bits per heavy atom. The molecular weight excluding hydrogens is 305 g/mol. The monoisotopic (exact) mass is 316 g/mol. The SMILES string of the molecule is NS(=O)(=O)c1ccccc1Nc1ccc(C(F)(F)F)cc1. The van der Waals surface area contributed by atoms with E-state index in [4.69, 9.17) is 5.14 Å². The second-order valence-corrected chi connectivity index (χ2v) is 5.77. The summed E-state index contributed by atoms with van der Waals surface area (Å²) in [6.07, 6.45) is -4.42. The summed E-state index contributed by atoms with van der Waals surface area (Å²) in [6, 6.07) is 10.1. The molecule has 0 amide bonds. The van der Waals surface area contributed by atoms with Crippen LogP contribution in [0.15, 0.2) is 53.4 Å². The summed E-state index contributed by atoms with van der Waals surface area (Å²) in [5.41, 5.74) is -0.272. The summed E-state index contributed by atoms with van der Waals surface area (Å²) in [4.78, 5) is -0.134. The van der Waals surface area contributed by atoms with Crippen molar-refractivity contribution in [3.63, 3.8) is 0 Å². The van der Waals surface area contributed by atoms with Crippen LogP contribution in [0.5, 0.6) is 0 Å². The van der Waals surface area contributed by atoms with Crippen LogP contribution in [0.3, 0.4) is 0 Å². The summed E-state index contributed by atoms with van der Waals surface area (Å²) >= 11 is 0. The minimum atomic E-state index is -4.42. The van der Waals surface area contributed by atoms with Gasteiger partial charge in [-0.15, -0.1) is 0 Å². The summed E-state index contributed by atoms with van der Waals surface area (Å²) in [5, 5.41) is 7.81. The molecule has 112 valence electrons. The number of hydrogen-bond donors (Lipinski definition) is 2. The number of benzene rings is 2. The van der Waals surface area contributed by atoms with Crippen molar-refractivity contribution >= 4 is 21.4 Å². The first-order chi connectivity index (χ1) is 9.68. The van der Waals surface area contributed by atoms with Crippen LogP contribution in [0.25, 0.3) is 0 Å². The van der Waals surface area contributed by atoms with Gasteiger partial charge < -0.3 is 5.32 Å². The van der Waals surface area contributed by atoms with Crippen LogP contribution in [-0.4, -0.2) is 8.42 Å². The second-order valence-electron chi connectivity index (χ2n) is 4.24. The van der Waals surface area contributed by atoms with Gasteiger partial charge in [0, 0.05) is 5.69 Å². The lowest BCUT2D eigenvalue weighted by molar-refractivity contribution is -0.137. The van der Waals surface area contributed by atoms with E-state index in [9.17, 15) is 21.6 Å². The molecule has 0 saturated carbocycles. The molecule has 0 aliphatic rings. The molecule has 0 spiro atoms. The molecule has 0 unspecified atom stereocenters. The summed E-state index contributed by atoms with van der Waals surface area (Å²) < 4.78 is 60.2. The van der Waals surface area contributed by atoms with E-state index in [2.05, 4.69) is 5.32 Å². The largest absolute Gasteiger partial charge is 0.416 e. The molecule has 8 heteroatoms. The summed E-state index contributed by atoms with van der Waals surface area (Å²) in [7, 11) is -3.93. The summed E-state index contributed by atoms with van der Waals surface area (Å²) in [6.45, 7) is 0. The first kappa shape index (κ1) is 15.3. The fourth-order valence-corrected chi connectivity index (χ4v) is 2.41. The number of nitrogens with one attached hydrogen (secondary N) is 1. The molecule has 0 bridgehead atoms. The predicted molar refractivity (Wildman–Crippen MR) is 72.5 cm³/mol. The van der Waals surface area contributed by atoms with Gasteiger partial charge in [-0.25, -0.2) is 13.6 Å². The topological polar surface area (TPSA) is 72.2 Å². The Kier molecular flexibility index (Phi) is 3.93. The number of sulfonamides is 1. The van der Waals surface area contributed by atoms with Gasteiger partial charge in [0.25, 0.3) is 0 Å². The molecule has 4 nitrogen and oxygen atoms in total. The van der Waals surface area contributed by atoms with Crippen molar-refractivity contribution in [2.45, 2.75) is 11.1 Å². The Morgan fingerprint density at radius 1 is 0.952 bits per heavy atom. The van der Waals surface area contributed by atoms with Gasteiger partial charge in [-0.3, -0.25) is 0 Å². The molecule has 2 aromatic rings. The highest BCUT2D eigenvalue weighted by molar-refractivity contribution is 7.89. The van der Waals surface area contributed by atoms with Crippen molar-refractivity contribution in [1.82, 2.24) is 0 Å². The van der Waals surface area contributed by atoms with E-state index in [-0.39, 0.29) is 10.6 Å². The van der Waals surface area contributed by atoms with Gasteiger partial charge in [0.2, 0.25) is 10.0 Å². The van der Waals surface area contributed by atoms with Gasteiger partial charge in [0.15, 0.2) is 0 Å². The molecule has 0 aliphatic heterocycles. The van der Waals surface area contributed by atoms with Gasteiger partial charge in [0.05, 0.1) is 11.3 Å². The number of para-hydroxylation sites is 1. The molecule has 0 saturated heterocycles. The first-order valence-corrected chi connectivity index (χ1v) is 7.29. The molecule has 0 fully saturated rings. The second kappa shape index (κ2) is 5.38. The Balaban J connectivity index is 2.32.